The zero-order chi connectivity index (χ0) is 31.4. The molecule has 5 rings (SSSR count). The molecule has 0 amide bonds. The van der Waals surface area contributed by atoms with Gasteiger partial charge in [-0.15, -0.1) is 0 Å². The molecule has 0 radical (unpaired) electrons. The van der Waals surface area contributed by atoms with Crippen molar-refractivity contribution in [3.8, 4) is 11.5 Å². The average molecular weight is 613 g/mol. The molecule has 0 spiro atoms. The number of carbonyl (C=O) groups excluding carboxylic acids is 1. The van der Waals surface area contributed by atoms with E-state index in [1.165, 1.54) is 23.5 Å². The third-order valence-corrected chi connectivity index (χ3v) is 8.05. The number of benzene rings is 3. The summed E-state index contributed by atoms with van der Waals surface area (Å²) in [6, 6.07) is 19.0. The number of nitrogens with zero attached hydrogens (tertiary/aromatic N) is 2. The van der Waals surface area contributed by atoms with E-state index in [4.69, 9.17) is 19.3 Å². The maximum absolute atomic E-state index is 13.9. The Labute approximate surface area is 258 Å². The first-order valence-electron chi connectivity index (χ1n) is 14.2. The van der Waals surface area contributed by atoms with Crippen molar-refractivity contribution in [3.63, 3.8) is 0 Å². The quantitative estimate of drug-likeness (QED) is 0.256. The second kappa shape index (κ2) is 13.1. The minimum atomic E-state index is -0.987. The van der Waals surface area contributed by atoms with Gasteiger partial charge in [-0.3, -0.25) is 9.36 Å². The van der Waals surface area contributed by atoms with Crippen LogP contribution in [0.25, 0.3) is 6.08 Å². The van der Waals surface area contributed by atoms with Gasteiger partial charge in [-0.05, 0) is 74.7 Å². The van der Waals surface area contributed by atoms with Crippen LogP contribution in [0.4, 0.5) is 0 Å². The van der Waals surface area contributed by atoms with E-state index in [9.17, 15) is 14.4 Å². The molecule has 2 heterocycles. The van der Waals surface area contributed by atoms with Crippen LogP contribution in [-0.4, -0.2) is 34.8 Å². The first kappa shape index (κ1) is 30.5. The van der Waals surface area contributed by atoms with E-state index in [1.807, 2.05) is 44.2 Å². The van der Waals surface area contributed by atoms with Gasteiger partial charge in [0.1, 0.15) is 6.61 Å². The first-order chi connectivity index (χ1) is 21.2. The number of carboxylic acid groups (broad SMARTS) is 1. The number of hydrogen-bond acceptors (Lipinski definition) is 8. The van der Waals surface area contributed by atoms with Crippen LogP contribution in [0.2, 0.25) is 0 Å². The van der Waals surface area contributed by atoms with Gasteiger partial charge in [-0.25, -0.2) is 14.6 Å². The van der Waals surface area contributed by atoms with Crippen molar-refractivity contribution in [1.82, 2.24) is 4.57 Å². The van der Waals surface area contributed by atoms with Gasteiger partial charge in [0.05, 0.1) is 40.6 Å². The monoisotopic (exact) mass is 612 g/mol. The van der Waals surface area contributed by atoms with Crippen LogP contribution in [0, 0.1) is 6.92 Å². The molecule has 1 aliphatic heterocycles. The van der Waals surface area contributed by atoms with Crippen molar-refractivity contribution >= 4 is 29.4 Å². The number of aryl methyl sites for hydroxylation is 1. The van der Waals surface area contributed by atoms with Crippen molar-refractivity contribution in [3.05, 3.63) is 126 Å². The number of allylic oxidation sites excluding steroid dienone is 1. The SMILES string of the molecule is CCOC(=O)C1=C(C)N=c2s/c(=C/c3ccc(OCc4ccc(C(=O)O)cc4)c(OCC)c3)c(=O)n2[C@H]1c1ccc(C)cc1. The van der Waals surface area contributed by atoms with Gasteiger partial charge in [0.25, 0.3) is 5.56 Å². The standard InChI is InChI=1S/C34H32N2O7S/c1-5-41-27-17-23(11-16-26(27)43-19-22-9-14-25(15-10-22)32(38)39)18-28-31(37)36-30(24-12-7-20(3)8-13-24)29(33(40)42-6-2)21(4)35-34(36)44-28/h7-18,30H,5-6,19H2,1-4H3,(H,38,39)/b28-18+/t30-/m0/s1. The second-order valence-corrected chi connectivity index (χ2v) is 11.2. The Hall–Kier alpha value is -4.96. The summed E-state index contributed by atoms with van der Waals surface area (Å²) in [5, 5.41) is 9.12. The van der Waals surface area contributed by atoms with Gasteiger partial charge in [0.15, 0.2) is 16.3 Å². The Morgan fingerprint density at radius 2 is 1.68 bits per heavy atom. The Balaban J connectivity index is 1.51. The summed E-state index contributed by atoms with van der Waals surface area (Å²) in [5.41, 5.74) is 4.18. The average Bonchev–Trinajstić information content (AvgIpc) is 3.30. The molecule has 0 bridgehead atoms. The van der Waals surface area contributed by atoms with Crippen LogP contribution in [0.1, 0.15) is 59.4 Å². The molecule has 9 nitrogen and oxygen atoms in total. The lowest BCUT2D eigenvalue weighted by molar-refractivity contribution is -0.139. The van der Waals surface area contributed by atoms with E-state index >= 15 is 0 Å². The third-order valence-electron chi connectivity index (χ3n) is 7.07. The lowest BCUT2D eigenvalue weighted by Gasteiger charge is -2.24. The predicted molar refractivity (Wildman–Crippen MR) is 167 cm³/mol. The smallest absolute Gasteiger partial charge is 0.338 e. The second-order valence-electron chi connectivity index (χ2n) is 10.1. The highest BCUT2D eigenvalue weighted by atomic mass is 32.1. The Morgan fingerprint density at radius 3 is 2.34 bits per heavy atom. The molecule has 0 saturated heterocycles. The van der Waals surface area contributed by atoms with Gasteiger partial charge in [-0.2, -0.15) is 0 Å². The van der Waals surface area contributed by atoms with Crippen molar-refractivity contribution in [2.75, 3.05) is 13.2 Å². The molecule has 1 aromatic heterocycles. The molecular formula is C34H32N2O7S. The number of thiazole rings is 1. The molecule has 0 aliphatic carbocycles. The summed E-state index contributed by atoms with van der Waals surface area (Å²) in [5.74, 6) is -0.460. The van der Waals surface area contributed by atoms with Gasteiger partial charge >= 0.3 is 11.9 Å². The molecule has 0 fully saturated rings. The van der Waals surface area contributed by atoms with Crippen LogP contribution in [-0.2, 0) is 16.1 Å². The van der Waals surface area contributed by atoms with E-state index in [1.54, 1.807) is 48.8 Å². The summed E-state index contributed by atoms with van der Waals surface area (Å²) >= 11 is 1.25. The Kier molecular flexibility index (Phi) is 9.10. The first-order valence-corrected chi connectivity index (χ1v) is 15.0. The summed E-state index contributed by atoms with van der Waals surface area (Å²) in [6.45, 7) is 8.19. The number of carboxylic acids is 1. The molecule has 0 saturated carbocycles. The fourth-order valence-electron chi connectivity index (χ4n) is 4.91. The molecule has 3 aromatic carbocycles. The molecule has 1 N–H and O–H groups in total. The van der Waals surface area contributed by atoms with Crippen LogP contribution in [0.3, 0.4) is 0 Å². The van der Waals surface area contributed by atoms with E-state index in [-0.39, 0.29) is 24.3 Å². The van der Waals surface area contributed by atoms with Crippen LogP contribution in [0.15, 0.2) is 87.8 Å². The molecule has 1 atom stereocenters. The lowest BCUT2D eigenvalue weighted by atomic mass is 9.95. The topological polar surface area (TPSA) is 116 Å². The van der Waals surface area contributed by atoms with Crippen LogP contribution in [0.5, 0.6) is 11.5 Å². The van der Waals surface area contributed by atoms with Crippen LogP contribution < -0.4 is 24.4 Å². The molecular weight excluding hydrogens is 580 g/mol. The van der Waals surface area contributed by atoms with Gasteiger partial charge in [0, 0.05) is 0 Å². The van der Waals surface area contributed by atoms with Crippen molar-refractivity contribution in [1.29, 1.82) is 0 Å². The lowest BCUT2D eigenvalue weighted by Crippen LogP contribution is -2.39. The van der Waals surface area contributed by atoms with Crippen molar-refractivity contribution in [2.24, 2.45) is 4.99 Å². The number of carbonyl (C=O) groups is 2. The zero-order valence-corrected chi connectivity index (χ0v) is 25.6. The molecule has 44 heavy (non-hydrogen) atoms. The maximum atomic E-state index is 13.9. The highest BCUT2D eigenvalue weighted by molar-refractivity contribution is 7.07. The summed E-state index contributed by atoms with van der Waals surface area (Å²) in [4.78, 5) is 43.3. The fraction of sp³-hybridized carbons (Fsp3) is 0.235. The summed E-state index contributed by atoms with van der Waals surface area (Å²) in [7, 11) is 0. The van der Waals surface area contributed by atoms with Crippen molar-refractivity contribution in [2.45, 2.75) is 40.3 Å². The zero-order valence-electron chi connectivity index (χ0n) is 24.8. The number of fused-ring (bicyclic) bond motifs is 1. The third kappa shape index (κ3) is 6.35. The van der Waals surface area contributed by atoms with E-state index in [2.05, 4.69) is 4.99 Å². The van der Waals surface area contributed by atoms with E-state index in [0.717, 1.165) is 22.3 Å². The number of aromatic carboxylic acids is 1. The number of rotatable bonds is 10. The summed E-state index contributed by atoms with van der Waals surface area (Å²) in [6.07, 6.45) is 1.77. The number of aromatic nitrogens is 1. The number of esters is 1. The highest BCUT2D eigenvalue weighted by Gasteiger charge is 2.33. The minimum absolute atomic E-state index is 0.204. The highest BCUT2D eigenvalue weighted by Crippen LogP contribution is 2.32. The molecule has 226 valence electrons. The number of ether oxygens (including phenoxy) is 3. The Bertz CT molecular complexity index is 1920. The molecule has 4 aromatic rings. The molecule has 0 unspecified atom stereocenters. The maximum Gasteiger partial charge on any atom is 0.338 e. The fourth-order valence-corrected chi connectivity index (χ4v) is 5.96. The Morgan fingerprint density at radius 1 is 0.955 bits per heavy atom. The molecule has 10 heteroatoms. The van der Waals surface area contributed by atoms with E-state index in [0.29, 0.717) is 38.7 Å². The van der Waals surface area contributed by atoms with Crippen molar-refractivity contribution < 1.29 is 28.9 Å². The minimum Gasteiger partial charge on any atom is -0.490 e. The molecule has 1 aliphatic rings. The summed E-state index contributed by atoms with van der Waals surface area (Å²) < 4.78 is 19.2. The normalized spacial score (nSPS) is 14.5. The van der Waals surface area contributed by atoms with Gasteiger partial charge in [-0.1, -0.05) is 59.4 Å². The van der Waals surface area contributed by atoms with Gasteiger partial charge in [0.2, 0.25) is 0 Å². The number of hydrogen-bond donors (Lipinski definition) is 1. The van der Waals surface area contributed by atoms with E-state index < -0.39 is 18.0 Å². The van der Waals surface area contributed by atoms with Gasteiger partial charge < -0.3 is 19.3 Å². The largest absolute Gasteiger partial charge is 0.490 e. The predicted octanol–water partition coefficient (Wildman–Crippen LogP) is 4.78. The van der Waals surface area contributed by atoms with Crippen LogP contribution >= 0.6 is 11.3 Å².